The van der Waals surface area contributed by atoms with E-state index >= 15 is 0 Å². The van der Waals surface area contributed by atoms with Crippen molar-refractivity contribution in [3.05, 3.63) is 77.1 Å². The lowest BCUT2D eigenvalue weighted by molar-refractivity contribution is -0.137. The van der Waals surface area contributed by atoms with Crippen molar-refractivity contribution < 1.29 is 18.0 Å². The predicted molar refractivity (Wildman–Crippen MR) is 127 cm³/mol. The quantitative estimate of drug-likeness (QED) is 0.439. The summed E-state index contributed by atoms with van der Waals surface area (Å²) in [5.74, 6) is -0.0791. The second-order valence-electron chi connectivity index (χ2n) is 7.55. The van der Waals surface area contributed by atoms with Gasteiger partial charge < -0.3 is 5.32 Å². The summed E-state index contributed by atoms with van der Waals surface area (Å²) < 4.78 is 41.5. The Bertz CT molecular complexity index is 1390. The number of rotatable bonds is 5. The molecular weight excluding hydrogens is 473 g/mol. The SMILES string of the molecule is C=C(/C=C\C(C#N)=C/C)[C@@H]1C(C#N)=C(C)N(c2cccc(C(F)(F)F)c2)c2nc(NC(=O)NC)nn21. The summed E-state index contributed by atoms with van der Waals surface area (Å²) in [6.07, 6.45) is 0.0732. The summed E-state index contributed by atoms with van der Waals surface area (Å²) in [5.41, 5.74) is 0.375. The van der Waals surface area contributed by atoms with Crippen LogP contribution in [0.4, 0.5) is 35.5 Å². The molecular formula is C24H21F3N8O. The summed E-state index contributed by atoms with van der Waals surface area (Å²) in [6.45, 7) is 7.28. The molecule has 3 rings (SSSR count). The number of urea groups is 1. The normalized spacial score (nSPS) is 15.8. The number of halogens is 3. The second kappa shape index (κ2) is 10.2. The number of nitrogens with one attached hydrogen (secondary N) is 2. The number of fused-ring (bicyclic) bond motifs is 1. The lowest BCUT2D eigenvalue weighted by atomic mass is 9.96. The summed E-state index contributed by atoms with van der Waals surface area (Å²) >= 11 is 0. The van der Waals surface area contributed by atoms with Gasteiger partial charge in [-0.05, 0) is 43.7 Å². The van der Waals surface area contributed by atoms with Crippen LogP contribution in [0, 0.1) is 22.7 Å². The second-order valence-corrected chi connectivity index (χ2v) is 7.55. The van der Waals surface area contributed by atoms with Gasteiger partial charge in [0.15, 0.2) is 0 Å². The molecule has 12 heteroatoms. The summed E-state index contributed by atoms with van der Waals surface area (Å²) in [6, 6.07) is 7.16. The Balaban J connectivity index is 2.23. The zero-order valence-corrected chi connectivity index (χ0v) is 19.6. The van der Waals surface area contributed by atoms with E-state index in [9.17, 15) is 28.5 Å². The Morgan fingerprint density at radius 2 is 2.00 bits per heavy atom. The van der Waals surface area contributed by atoms with Crippen LogP contribution in [-0.2, 0) is 6.18 Å². The maximum Gasteiger partial charge on any atom is 0.416 e. The van der Waals surface area contributed by atoms with Crippen LogP contribution in [0.1, 0.15) is 25.5 Å². The highest BCUT2D eigenvalue weighted by Crippen LogP contribution is 2.43. The molecule has 0 aliphatic carbocycles. The van der Waals surface area contributed by atoms with Gasteiger partial charge in [0.1, 0.15) is 6.04 Å². The van der Waals surface area contributed by atoms with E-state index in [0.717, 1.165) is 12.1 Å². The number of anilines is 3. The van der Waals surface area contributed by atoms with Gasteiger partial charge in [-0.15, -0.1) is 5.10 Å². The number of hydrogen-bond donors (Lipinski definition) is 2. The molecule has 2 N–H and O–H groups in total. The highest BCUT2D eigenvalue weighted by Gasteiger charge is 2.37. The average Bonchev–Trinajstić information content (AvgIpc) is 3.25. The number of carbonyl (C=O) groups is 1. The van der Waals surface area contributed by atoms with E-state index in [1.54, 1.807) is 26.0 Å². The molecule has 1 atom stereocenters. The average molecular weight is 494 g/mol. The number of aromatic nitrogens is 3. The molecule has 2 aromatic rings. The molecule has 0 spiro atoms. The van der Waals surface area contributed by atoms with Gasteiger partial charge in [0.25, 0.3) is 5.95 Å². The molecule has 0 saturated carbocycles. The Kier molecular flexibility index (Phi) is 7.30. The first-order chi connectivity index (χ1) is 17.0. The van der Waals surface area contributed by atoms with Crippen molar-refractivity contribution in [2.24, 2.45) is 0 Å². The number of nitrogens with zero attached hydrogens (tertiary/aromatic N) is 6. The maximum absolute atomic E-state index is 13.4. The van der Waals surface area contributed by atoms with E-state index < -0.39 is 23.8 Å². The minimum absolute atomic E-state index is 0.0586. The number of benzene rings is 1. The molecule has 1 aliphatic rings. The van der Waals surface area contributed by atoms with Gasteiger partial charge in [-0.25, -0.2) is 9.48 Å². The van der Waals surface area contributed by atoms with Gasteiger partial charge in [-0.3, -0.25) is 10.2 Å². The van der Waals surface area contributed by atoms with Gasteiger partial charge in [0, 0.05) is 24.0 Å². The van der Waals surface area contributed by atoms with E-state index in [1.165, 1.54) is 34.8 Å². The van der Waals surface area contributed by atoms with Crippen LogP contribution >= 0.6 is 0 Å². The Morgan fingerprint density at radius 3 is 2.58 bits per heavy atom. The van der Waals surface area contributed by atoms with Crippen LogP contribution in [0.25, 0.3) is 0 Å². The van der Waals surface area contributed by atoms with E-state index in [0.29, 0.717) is 16.8 Å². The standard InChI is InChI=1S/C24H21F3N8O/c1-5-16(12-28)10-9-14(2)20-19(13-29)15(3)34(18-8-6-7-17(11-18)24(25,26)27)23-32-21(33-35(20)23)31-22(36)30-4/h5-11,20H,2H2,1,3-4H3,(H2,30,31,33,36)/b10-9-,16-5+/t20-/m1/s1. The first-order valence-electron chi connectivity index (χ1n) is 10.5. The molecule has 0 bridgehead atoms. The number of allylic oxidation sites excluding steroid dienone is 7. The van der Waals surface area contributed by atoms with Crippen molar-refractivity contribution in [1.29, 1.82) is 10.5 Å². The predicted octanol–water partition coefficient (Wildman–Crippen LogP) is 5.12. The zero-order valence-electron chi connectivity index (χ0n) is 19.6. The summed E-state index contributed by atoms with van der Waals surface area (Å²) in [5, 5.41) is 28.3. The molecule has 2 heterocycles. The molecule has 0 radical (unpaired) electrons. The van der Waals surface area contributed by atoms with Crippen molar-refractivity contribution in [3.8, 4) is 12.1 Å². The highest BCUT2D eigenvalue weighted by atomic mass is 19.4. The molecule has 0 unspecified atom stereocenters. The third-order valence-corrected chi connectivity index (χ3v) is 5.33. The first kappa shape index (κ1) is 25.8. The van der Waals surface area contributed by atoms with E-state index in [4.69, 9.17) is 0 Å². The van der Waals surface area contributed by atoms with Crippen LogP contribution in [0.15, 0.2) is 71.5 Å². The van der Waals surface area contributed by atoms with Gasteiger partial charge in [-0.2, -0.15) is 28.7 Å². The number of amides is 2. The van der Waals surface area contributed by atoms with Crippen LogP contribution in [-0.4, -0.2) is 27.8 Å². The number of hydrogen-bond acceptors (Lipinski definition) is 6. The Labute approximate surface area is 205 Å². The van der Waals surface area contributed by atoms with E-state index in [1.807, 2.05) is 6.07 Å². The third kappa shape index (κ3) is 4.98. The van der Waals surface area contributed by atoms with E-state index in [2.05, 4.69) is 33.4 Å². The summed E-state index contributed by atoms with van der Waals surface area (Å²) in [4.78, 5) is 17.5. The van der Waals surface area contributed by atoms with Crippen molar-refractivity contribution in [1.82, 2.24) is 20.1 Å². The molecule has 9 nitrogen and oxygen atoms in total. The molecule has 1 aromatic carbocycles. The Morgan fingerprint density at radius 1 is 1.28 bits per heavy atom. The highest BCUT2D eigenvalue weighted by molar-refractivity contribution is 5.87. The number of alkyl halides is 3. The van der Waals surface area contributed by atoms with Crippen LogP contribution in [0.5, 0.6) is 0 Å². The minimum Gasteiger partial charge on any atom is -0.341 e. The minimum atomic E-state index is -4.59. The smallest absolute Gasteiger partial charge is 0.341 e. The van der Waals surface area contributed by atoms with Crippen molar-refractivity contribution in [3.63, 3.8) is 0 Å². The number of nitriles is 2. The fraction of sp³-hybridized carbons (Fsp3) is 0.208. The van der Waals surface area contributed by atoms with Gasteiger partial charge in [0.2, 0.25) is 5.95 Å². The molecule has 1 aromatic heterocycles. The topological polar surface area (TPSA) is 123 Å². The lowest BCUT2D eigenvalue weighted by Crippen LogP contribution is -2.31. The third-order valence-electron chi connectivity index (χ3n) is 5.33. The molecule has 0 fully saturated rings. The monoisotopic (exact) mass is 494 g/mol. The van der Waals surface area contributed by atoms with Gasteiger partial charge in [-0.1, -0.05) is 24.8 Å². The van der Waals surface area contributed by atoms with Crippen molar-refractivity contribution >= 4 is 23.6 Å². The van der Waals surface area contributed by atoms with Gasteiger partial charge >= 0.3 is 12.2 Å². The fourth-order valence-corrected chi connectivity index (χ4v) is 3.55. The van der Waals surface area contributed by atoms with Crippen LogP contribution in [0.3, 0.4) is 0 Å². The molecule has 184 valence electrons. The first-order valence-corrected chi connectivity index (χ1v) is 10.5. The van der Waals surface area contributed by atoms with Gasteiger partial charge in [0.05, 0.1) is 23.3 Å². The number of carbonyl (C=O) groups excluding carboxylic acids is 1. The Hall–Kier alpha value is -4.84. The maximum atomic E-state index is 13.4. The molecule has 36 heavy (non-hydrogen) atoms. The van der Waals surface area contributed by atoms with Crippen molar-refractivity contribution in [2.45, 2.75) is 26.1 Å². The molecule has 1 aliphatic heterocycles. The largest absolute Gasteiger partial charge is 0.416 e. The molecule has 0 saturated heterocycles. The summed E-state index contributed by atoms with van der Waals surface area (Å²) in [7, 11) is 1.39. The van der Waals surface area contributed by atoms with Crippen LogP contribution in [0.2, 0.25) is 0 Å². The van der Waals surface area contributed by atoms with Crippen LogP contribution < -0.4 is 15.5 Å². The van der Waals surface area contributed by atoms with Crippen molar-refractivity contribution in [2.75, 3.05) is 17.3 Å². The zero-order chi connectivity index (χ0) is 26.6. The van der Waals surface area contributed by atoms with E-state index in [-0.39, 0.29) is 23.2 Å². The fourth-order valence-electron chi connectivity index (χ4n) is 3.55. The molecule has 2 amide bonds. The lowest BCUT2D eigenvalue weighted by Gasteiger charge is -2.34.